The topological polar surface area (TPSA) is 30.5 Å². The second-order valence-electron chi connectivity index (χ2n) is 5.39. The lowest BCUT2D eigenvalue weighted by Crippen LogP contribution is -2.23. The maximum atomic E-state index is 5.81. The van der Waals surface area contributed by atoms with Crippen LogP contribution in [0.15, 0.2) is 18.2 Å². The molecular weight excluding hydrogens is 238 g/mol. The van der Waals surface area contributed by atoms with Gasteiger partial charge in [-0.3, -0.25) is 0 Å². The molecule has 3 heteroatoms. The second-order valence-corrected chi connectivity index (χ2v) is 5.39. The number of benzene rings is 1. The average molecular weight is 263 g/mol. The summed E-state index contributed by atoms with van der Waals surface area (Å²) >= 11 is 0. The van der Waals surface area contributed by atoms with E-state index in [1.165, 1.54) is 30.4 Å². The zero-order valence-corrected chi connectivity index (χ0v) is 12.2. The highest BCUT2D eigenvalue weighted by Gasteiger charge is 2.21. The van der Waals surface area contributed by atoms with Crippen LogP contribution in [0.1, 0.15) is 36.4 Å². The summed E-state index contributed by atoms with van der Waals surface area (Å²) in [5, 5.41) is 3.32. The third-order valence-electron chi connectivity index (χ3n) is 3.76. The summed E-state index contributed by atoms with van der Waals surface area (Å²) in [6.45, 7) is 3.67. The van der Waals surface area contributed by atoms with Gasteiger partial charge in [0.05, 0.1) is 19.8 Å². The maximum Gasteiger partial charge on any atom is 0.123 e. The summed E-state index contributed by atoms with van der Waals surface area (Å²) < 4.78 is 11.3. The van der Waals surface area contributed by atoms with Crippen molar-refractivity contribution in [3.8, 4) is 5.75 Å². The molecule has 0 aliphatic heterocycles. The van der Waals surface area contributed by atoms with Gasteiger partial charge in [-0.15, -0.1) is 0 Å². The van der Waals surface area contributed by atoms with E-state index in [0.717, 1.165) is 18.3 Å². The van der Waals surface area contributed by atoms with E-state index in [4.69, 9.17) is 9.47 Å². The first kappa shape index (κ1) is 14.4. The Hall–Kier alpha value is -1.06. The van der Waals surface area contributed by atoms with Crippen LogP contribution >= 0.6 is 0 Å². The average Bonchev–Trinajstić information content (AvgIpc) is 3.23. The van der Waals surface area contributed by atoms with E-state index in [-0.39, 0.29) is 6.04 Å². The molecule has 0 aromatic heterocycles. The van der Waals surface area contributed by atoms with Crippen LogP contribution in [-0.4, -0.2) is 27.4 Å². The van der Waals surface area contributed by atoms with Gasteiger partial charge in [-0.05, 0) is 32.4 Å². The molecule has 1 aromatic rings. The molecule has 1 saturated carbocycles. The van der Waals surface area contributed by atoms with E-state index in [9.17, 15) is 0 Å². The summed E-state index contributed by atoms with van der Waals surface area (Å²) in [7, 11) is 3.69. The fraction of sp³-hybridized carbons (Fsp3) is 0.625. The van der Waals surface area contributed by atoms with E-state index in [0.29, 0.717) is 6.61 Å². The predicted octanol–water partition coefficient (Wildman–Crippen LogP) is 3.08. The minimum atomic E-state index is 0.189. The van der Waals surface area contributed by atoms with Gasteiger partial charge in [0.2, 0.25) is 0 Å². The molecule has 1 aromatic carbocycles. The van der Waals surface area contributed by atoms with Gasteiger partial charge in [-0.1, -0.05) is 30.5 Å². The van der Waals surface area contributed by atoms with Crippen LogP contribution in [0, 0.1) is 12.8 Å². The Bertz CT molecular complexity index is 402. The van der Waals surface area contributed by atoms with E-state index < -0.39 is 0 Å². The number of methoxy groups -OCH3 is 1. The maximum absolute atomic E-state index is 5.81. The molecule has 1 fully saturated rings. The highest BCUT2D eigenvalue weighted by Crippen LogP contribution is 2.32. The smallest absolute Gasteiger partial charge is 0.123 e. The molecule has 1 N–H and O–H groups in total. The van der Waals surface area contributed by atoms with Crippen molar-refractivity contribution >= 4 is 0 Å². The Labute approximate surface area is 116 Å². The van der Waals surface area contributed by atoms with E-state index in [1.54, 1.807) is 7.11 Å². The van der Waals surface area contributed by atoms with Crippen LogP contribution in [0.2, 0.25) is 0 Å². The Morgan fingerprint density at radius 3 is 2.79 bits per heavy atom. The molecule has 0 bridgehead atoms. The van der Waals surface area contributed by atoms with Crippen LogP contribution in [-0.2, 0) is 4.74 Å². The van der Waals surface area contributed by atoms with E-state index in [2.05, 4.69) is 24.4 Å². The number of hydrogen-bond acceptors (Lipinski definition) is 3. The molecular formula is C16H25NO2. The molecule has 1 aliphatic rings. The fourth-order valence-corrected chi connectivity index (χ4v) is 2.31. The van der Waals surface area contributed by atoms with Crippen molar-refractivity contribution in [1.82, 2.24) is 5.32 Å². The van der Waals surface area contributed by atoms with Crippen LogP contribution in [0.5, 0.6) is 5.75 Å². The third kappa shape index (κ3) is 4.22. The van der Waals surface area contributed by atoms with Crippen molar-refractivity contribution in [1.29, 1.82) is 0 Å². The summed E-state index contributed by atoms with van der Waals surface area (Å²) in [5.41, 5.74) is 2.42. The van der Waals surface area contributed by atoms with Crippen molar-refractivity contribution in [2.75, 3.05) is 27.4 Å². The number of likely N-dealkylation sites (N-methyl/N-ethyl adjacent to an activating group) is 1. The number of nitrogens with one attached hydrogen (secondary N) is 1. The molecule has 1 unspecified atom stereocenters. The van der Waals surface area contributed by atoms with Crippen molar-refractivity contribution < 1.29 is 9.47 Å². The summed E-state index contributed by atoms with van der Waals surface area (Å²) in [4.78, 5) is 0. The van der Waals surface area contributed by atoms with Crippen LogP contribution in [0.25, 0.3) is 0 Å². The Kier molecular flexibility index (Phi) is 5.23. The number of rotatable bonds is 8. The molecule has 106 valence electrons. The van der Waals surface area contributed by atoms with Gasteiger partial charge in [0, 0.05) is 12.2 Å². The van der Waals surface area contributed by atoms with E-state index in [1.807, 2.05) is 13.1 Å². The Morgan fingerprint density at radius 2 is 2.16 bits per heavy atom. The minimum absolute atomic E-state index is 0.189. The quantitative estimate of drug-likeness (QED) is 0.731. The predicted molar refractivity (Wildman–Crippen MR) is 77.7 cm³/mol. The first-order valence-corrected chi connectivity index (χ1v) is 7.14. The highest BCUT2D eigenvalue weighted by molar-refractivity contribution is 5.39. The minimum Gasteiger partial charge on any atom is -0.496 e. The van der Waals surface area contributed by atoms with Gasteiger partial charge in [0.25, 0.3) is 0 Å². The Morgan fingerprint density at radius 1 is 1.37 bits per heavy atom. The number of aryl methyl sites for hydroxylation is 1. The zero-order valence-electron chi connectivity index (χ0n) is 12.2. The van der Waals surface area contributed by atoms with Crippen molar-refractivity contribution in [3.63, 3.8) is 0 Å². The Balaban J connectivity index is 1.92. The number of ether oxygens (including phenoxy) is 2. The van der Waals surface area contributed by atoms with Gasteiger partial charge in [0.1, 0.15) is 5.75 Å². The van der Waals surface area contributed by atoms with Crippen molar-refractivity contribution in [3.05, 3.63) is 29.3 Å². The number of hydrogen-bond donors (Lipinski definition) is 1. The first-order valence-electron chi connectivity index (χ1n) is 7.14. The van der Waals surface area contributed by atoms with Crippen LogP contribution in [0.3, 0.4) is 0 Å². The second kappa shape index (κ2) is 6.92. The molecule has 2 rings (SSSR count). The van der Waals surface area contributed by atoms with Crippen molar-refractivity contribution in [2.45, 2.75) is 32.2 Å². The monoisotopic (exact) mass is 263 g/mol. The lowest BCUT2D eigenvalue weighted by atomic mass is 10.0. The van der Waals surface area contributed by atoms with Gasteiger partial charge in [0.15, 0.2) is 0 Å². The lowest BCUT2D eigenvalue weighted by Gasteiger charge is -2.20. The van der Waals surface area contributed by atoms with Crippen LogP contribution < -0.4 is 10.1 Å². The third-order valence-corrected chi connectivity index (χ3v) is 3.76. The fourth-order valence-electron chi connectivity index (χ4n) is 2.31. The first-order chi connectivity index (χ1) is 9.24. The SMILES string of the molecule is CNC(COCCC1CC1)c1cc(C)ccc1OC. The molecule has 19 heavy (non-hydrogen) atoms. The highest BCUT2D eigenvalue weighted by atomic mass is 16.5. The lowest BCUT2D eigenvalue weighted by molar-refractivity contribution is 0.107. The standard InChI is InChI=1S/C16H25NO2/c1-12-4-7-16(18-3)14(10-12)15(17-2)11-19-9-8-13-5-6-13/h4,7,10,13,15,17H,5-6,8-9,11H2,1-3H3. The molecule has 0 heterocycles. The van der Waals surface area contributed by atoms with Gasteiger partial charge >= 0.3 is 0 Å². The summed E-state index contributed by atoms with van der Waals surface area (Å²) in [6.07, 6.45) is 4.00. The van der Waals surface area contributed by atoms with E-state index >= 15 is 0 Å². The van der Waals surface area contributed by atoms with Crippen molar-refractivity contribution in [2.24, 2.45) is 5.92 Å². The normalized spacial score (nSPS) is 16.4. The molecule has 3 nitrogen and oxygen atoms in total. The van der Waals surface area contributed by atoms with Gasteiger partial charge < -0.3 is 14.8 Å². The summed E-state index contributed by atoms with van der Waals surface area (Å²) in [5.74, 6) is 1.86. The molecule has 0 saturated heterocycles. The molecule has 0 radical (unpaired) electrons. The van der Waals surface area contributed by atoms with Gasteiger partial charge in [-0.2, -0.15) is 0 Å². The zero-order chi connectivity index (χ0) is 13.7. The van der Waals surface area contributed by atoms with Gasteiger partial charge in [-0.25, -0.2) is 0 Å². The largest absolute Gasteiger partial charge is 0.496 e. The molecule has 0 amide bonds. The molecule has 1 aliphatic carbocycles. The molecule has 0 spiro atoms. The molecule has 1 atom stereocenters. The van der Waals surface area contributed by atoms with Crippen LogP contribution in [0.4, 0.5) is 0 Å². The summed E-state index contributed by atoms with van der Waals surface area (Å²) in [6, 6.07) is 6.46.